The standard InChI is InChI=1S/C10H13NO/c1-6-5-7(2)10-8(9(6)11)3-4-12-10/h5H,3-4,11H2,1-2H3. The van der Waals surface area contributed by atoms with Crippen LogP contribution < -0.4 is 10.5 Å². The molecule has 1 aromatic carbocycles. The number of rotatable bonds is 0. The summed E-state index contributed by atoms with van der Waals surface area (Å²) in [6, 6.07) is 2.08. The number of nitrogens with two attached hydrogens (primary N) is 1. The number of ether oxygens (including phenoxy) is 1. The fraction of sp³-hybridized carbons (Fsp3) is 0.400. The van der Waals surface area contributed by atoms with Crippen LogP contribution in [0.2, 0.25) is 0 Å². The van der Waals surface area contributed by atoms with Crippen molar-refractivity contribution < 1.29 is 4.74 Å². The predicted molar refractivity (Wildman–Crippen MR) is 49.5 cm³/mol. The van der Waals surface area contributed by atoms with Gasteiger partial charge in [0, 0.05) is 17.7 Å². The molecule has 64 valence electrons. The normalized spacial score (nSPS) is 14.2. The highest BCUT2D eigenvalue weighted by Crippen LogP contribution is 2.35. The molecule has 1 aromatic rings. The van der Waals surface area contributed by atoms with Gasteiger partial charge >= 0.3 is 0 Å². The summed E-state index contributed by atoms with van der Waals surface area (Å²) in [5, 5.41) is 0. The molecular weight excluding hydrogens is 150 g/mol. The Morgan fingerprint density at radius 3 is 2.83 bits per heavy atom. The van der Waals surface area contributed by atoms with E-state index in [1.807, 2.05) is 6.92 Å². The minimum absolute atomic E-state index is 0.782. The second-order valence-corrected chi connectivity index (χ2v) is 3.33. The highest BCUT2D eigenvalue weighted by molar-refractivity contribution is 5.63. The van der Waals surface area contributed by atoms with Gasteiger partial charge in [-0.3, -0.25) is 0 Å². The van der Waals surface area contributed by atoms with Crippen LogP contribution in [-0.4, -0.2) is 6.61 Å². The molecule has 12 heavy (non-hydrogen) atoms. The highest BCUT2D eigenvalue weighted by atomic mass is 16.5. The summed E-state index contributed by atoms with van der Waals surface area (Å²) in [7, 11) is 0. The van der Waals surface area contributed by atoms with Crippen LogP contribution in [0.5, 0.6) is 5.75 Å². The number of benzene rings is 1. The summed E-state index contributed by atoms with van der Waals surface area (Å²) < 4.78 is 5.49. The molecule has 0 amide bonds. The van der Waals surface area contributed by atoms with Gasteiger partial charge < -0.3 is 10.5 Å². The molecule has 0 atom stereocenters. The Hall–Kier alpha value is -1.18. The van der Waals surface area contributed by atoms with E-state index in [2.05, 4.69) is 13.0 Å². The van der Waals surface area contributed by atoms with Gasteiger partial charge in [0.1, 0.15) is 5.75 Å². The minimum Gasteiger partial charge on any atom is -0.493 e. The van der Waals surface area contributed by atoms with Crippen LogP contribution in [0.1, 0.15) is 16.7 Å². The molecule has 1 aliphatic heterocycles. The first-order valence-electron chi connectivity index (χ1n) is 4.21. The third-order valence-corrected chi connectivity index (χ3v) is 2.41. The van der Waals surface area contributed by atoms with Crippen LogP contribution >= 0.6 is 0 Å². The molecule has 2 N–H and O–H groups in total. The summed E-state index contributed by atoms with van der Waals surface area (Å²) in [4.78, 5) is 0. The van der Waals surface area contributed by atoms with Crippen LogP contribution in [-0.2, 0) is 6.42 Å². The van der Waals surface area contributed by atoms with Crippen molar-refractivity contribution in [3.8, 4) is 5.75 Å². The van der Waals surface area contributed by atoms with Crippen LogP contribution in [0.25, 0.3) is 0 Å². The van der Waals surface area contributed by atoms with Crippen molar-refractivity contribution in [3.63, 3.8) is 0 Å². The van der Waals surface area contributed by atoms with E-state index in [0.717, 1.165) is 30.0 Å². The summed E-state index contributed by atoms with van der Waals surface area (Å²) in [6.45, 7) is 4.89. The Labute approximate surface area is 72.3 Å². The van der Waals surface area contributed by atoms with Gasteiger partial charge in [-0.25, -0.2) is 0 Å². The lowest BCUT2D eigenvalue weighted by Crippen LogP contribution is -1.95. The summed E-state index contributed by atoms with van der Waals surface area (Å²) in [5.41, 5.74) is 10.4. The van der Waals surface area contributed by atoms with Crippen molar-refractivity contribution >= 4 is 5.69 Å². The molecule has 0 bridgehead atoms. The van der Waals surface area contributed by atoms with E-state index in [4.69, 9.17) is 10.5 Å². The highest BCUT2D eigenvalue weighted by Gasteiger charge is 2.18. The Balaban J connectivity index is 2.69. The van der Waals surface area contributed by atoms with Crippen molar-refractivity contribution in [2.24, 2.45) is 0 Å². The predicted octanol–water partition coefficient (Wildman–Crippen LogP) is 1.82. The quantitative estimate of drug-likeness (QED) is 0.592. The third-order valence-electron chi connectivity index (χ3n) is 2.41. The van der Waals surface area contributed by atoms with Crippen LogP contribution in [0.3, 0.4) is 0 Å². The van der Waals surface area contributed by atoms with Crippen LogP contribution in [0, 0.1) is 13.8 Å². The van der Waals surface area contributed by atoms with E-state index < -0.39 is 0 Å². The van der Waals surface area contributed by atoms with Crippen molar-refractivity contribution in [1.82, 2.24) is 0 Å². The molecule has 1 heterocycles. The molecule has 0 aliphatic carbocycles. The van der Waals surface area contributed by atoms with Gasteiger partial charge in [0.05, 0.1) is 6.61 Å². The number of anilines is 1. The van der Waals surface area contributed by atoms with E-state index in [9.17, 15) is 0 Å². The molecule has 2 nitrogen and oxygen atoms in total. The lowest BCUT2D eigenvalue weighted by molar-refractivity contribution is 0.354. The fourth-order valence-electron chi connectivity index (χ4n) is 1.77. The Bertz CT molecular complexity index is 331. The Morgan fingerprint density at radius 2 is 2.08 bits per heavy atom. The van der Waals surface area contributed by atoms with Crippen LogP contribution in [0.15, 0.2) is 6.07 Å². The maximum absolute atomic E-state index is 5.92. The van der Waals surface area contributed by atoms with Gasteiger partial charge in [-0.05, 0) is 25.0 Å². The van der Waals surface area contributed by atoms with Gasteiger partial charge in [0.15, 0.2) is 0 Å². The zero-order valence-corrected chi connectivity index (χ0v) is 7.48. The van der Waals surface area contributed by atoms with Crippen molar-refractivity contribution in [2.75, 3.05) is 12.3 Å². The molecule has 0 saturated heterocycles. The van der Waals surface area contributed by atoms with Gasteiger partial charge in [0.25, 0.3) is 0 Å². The lowest BCUT2D eigenvalue weighted by atomic mass is 10.0. The molecule has 0 fully saturated rings. The number of fused-ring (bicyclic) bond motifs is 1. The van der Waals surface area contributed by atoms with E-state index in [1.165, 1.54) is 11.1 Å². The molecule has 1 aliphatic rings. The maximum Gasteiger partial charge on any atom is 0.127 e. The minimum atomic E-state index is 0.782. The van der Waals surface area contributed by atoms with Gasteiger partial charge in [0.2, 0.25) is 0 Å². The fourth-order valence-corrected chi connectivity index (χ4v) is 1.77. The number of nitrogen functional groups attached to an aromatic ring is 1. The van der Waals surface area contributed by atoms with Crippen molar-refractivity contribution in [1.29, 1.82) is 0 Å². The van der Waals surface area contributed by atoms with Crippen molar-refractivity contribution in [2.45, 2.75) is 20.3 Å². The van der Waals surface area contributed by atoms with Crippen molar-refractivity contribution in [3.05, 3.63) is 22.8 Å². The molecule has 0 radical (unpaired) electrons. The molecular formula is C10H13NO. The monoisotopic (exact) mass is 163 g/mol. The molecule has 0 aromatic heterocycles. The second-order valence-electron chi connectivity index (χ2n) is 3.33. The first kappa shape index (κ1) is 7.47. The topological polar surface area (TPSA) is 35.2 Å². The maximum atomic E-state index is 5.92. The lowest BCUT2D eigenvalue weighted by Gasteiger charge is -2.08. The Morgan fingerprint density at radius 1 is 1.33 bits per heavy atom. The molecule has 0 unspecified atom stereocenters. The van der Waals surface area contributed by atoms with Gasteiger partial charge in [-0.2, -0.15) is 0 Å². The van der Waals surface area contributed by atoms with E-state index in [-0.39, 0.29) is 0 Å². The van der Waals surface area contributed by atoms with E-state index in [1.54, 1.807) is 0 Å². The van der Waals surface area contributed by atoms with Gasteiger partial charge in [-0.1, -0.05) is 6.07 Å². The third kappa shape index (κ3) is 0.876. The average Bonchev–Trinajstić information content (AvgIpc) is 2.48. The molecule has 0 saturated carbocycles. The van der Waals surface area contributed by atoms with Gasteiger partial charge in [-0.15, -0.1) is 0 Å². The zero-order chi connectivity index (χ0) is 8.72. The number of aryl methyl sites for hydroxylation is 2. The van der Waals surface area contributed by atoms with E-state index >= 15 is 0 Å². The number of hydrogen-bond acceptors (Lipinski definition) is 2. The van der Waals surface area contributed by atoms with E-state index in [0.29, 0.717) is 0 Å². The summed E-state index contributed by atoms with van der Waals surface area (Å²) in [6.07, 6.45) is 0.962. The largest absolute Gasteiger partial charge is 0.493 e. The number of hydrogen-bond donors (Lipinski definition) is 1. The molecule has 0 spiro atoms. The smallest absolute Gasteiger partial charge is 0.127 e. The summed E-state index contributed by atoms with van der Waals surface area (Å²) >= 11 is 0. The zero-order valence-electron chi connectivity index (χ0n) is 7.48. The second kappa shape index (κ2) is 2.41. The summed E-state index contributed by atoms with van der Waals surface area (Å²) in [5.74, 6) is 1.01. The first-order chi connectivity index (χ1) is 5.70. The molecule has 2 rings (SSSR count). The Kier molecular flexibility index (Phi) is 1.50. The average molecular weight is 163 g/mol. The first-order valence-corrected chi connectivity index (χ1v) is 4.21. The molecule has 2 heteroatoms. The van der Waals surface area contributed by atoms with Crippen LogP contribution in [0.4, 0.5) is 5.69 Å². The SMILES string of the molecule is Cc1cc(C)c2c(c1N)CCO2.